The van der Waals surface area contributed by atoms with Gasteiger partial charge < -0.3 is 20.1 Å². The van der Waals surface area contributed by atoms with Crippen LogP contribution < -0.4 is 20.1 Å². The molecular weight excluding hydrogens is 256 g/mol. The van der Waals surface area contributed by atoms with E-state index in [0.717, 1.165) is 6.54 Å². The molecule has 1 heterocycles. The molecular formula is C12H17ClN2O3. The van der Waals surface area contributed by atoms with E-state index in [-0.39, 0.29) is 24.9 Å². The third-order valence-corrected chi connectivity index (χ3v) is 2.48. The second kappa shape index (κ2) is 7.08. The summed E-state index contributed by atoms with van der Waals surface area (Å²) in [6.07, 6.45) is -0.568. The van der Waals surface area contributed by atoms with Crippen molar-refractivity contribution in [1.29, 1.82) is 0 Å². The first-order valence-corrected chi connectivity index (χ1v) is 5.62. The first kappa shape index (κ1) is 14.6. The van der Waals surface area contributed by atoms with Crippen LogP contribution in [0.25, 0.3) is 0 Å². The molecule has 1 amide bonds. The third kappa shape index (κ3) is 3.51. The number of amides is 1. The molecule has 0 aliphatic carbocycles. The number of halogens is 1. The number of benzene rings is 1. The Morgan fingerprint density at radius 3 is 2.78 bits per heavy atom. The molecule has 1 aliphatic rings. The van der Waals surface area contributed by atoms with Crippen molar-refractivity contribution in [2.75, 3.05) is 26.7 Å². The van der Waals surface area contributed by atoms with E-state index >= 15 is 0 Å². The second-order valence-electron chi connectivity index (χ2n) is 3.76. The van der Waals surface area contributed by atoms with E-state index in [2.05, 4.69) is 10.6 Å². The van der Waals surface area contributed by atoms with Gasteiger partial charge in [-0.2, -0.15) is 0 Å². The lowest BCUT2D eigenvalue weighted by atomic mass is 10.2. The number of nitrogens with one attached hydrogen (secondary N) is 2. The first-order chi connectivity index (χ1) is 8.31. The largest absolute Gasteiger partial charge is 0.485 e. The van der Waals surface area contributed by atoms with Gasteiger partial charge >= 0.3 is 0 Å². The van der Waals surface area contributed by atoms with Crippen molar-refractivity contribution < 1.29 is 14.3 Å². The van der Waals surface area contributed by atoms with E-state index in [1.54, 1.807) is 6.07 Å². The van der Waals surface area contributed by atoms with Crippen LogP contribution in [0.1, 0.15) is 0 Å². The molecule has 0 fully saturated rings. The van der Waals surface area contributed by atoms with Gasteiger partial charge in [0.05, 0.1) is 0 Å². The van der Waals surface area contributed by atoms with Gasteiger partial charge in [0.25, 0.3) is 5.91 Å². The lowest BCUT2D eigenvalue weighted by Gasteiger charge is -2.25. The van der Waals surface area contributed by atoms with Crippen LogP contribution in [-0.4, -0.2) is 38.8 Å². The molecule has 1 aliphatic heterocycles. The molecule has 5 nitrogen and oxygen atoms in total. The van der Waals surface area contributed by atoms with Gasteiger partial charge in [-0.3, -0.25) is 4.79 Å². The Labute approximate surface area is 112 Å². The fraction of sp³-hybridized carbons (Fsp3) is 0.417. The Morgan fingerprint density at radius 1 is 1.33 bits per heavy atom. The topological polar surface area (TPSA) is 59.6 Å². The number of fused-ring (bicyclic) bond motifs is 1. The molecule has 100 valence electrons. The van der Waals surface area contributed by atoms with Crippen molar-refractivity contribution in [3.63, 3.8) is 0 Å². The van der Waals surface area contributed by atoms with Crippen molar-refractivity contribution in [2.45, 2.75) is 6.10 Å². The van der Waals surface area contributed by atoms with Crippen LogP contribution in [0.4, 0.5) is 0 Å². The first-order valence-electron chi connectivity index (χ1n) is 5.62. The number of rotatable bonds is 4. The number of hydrogen-bond donors (Lipinski definition) is 2. The number of carbonyl (C=O) groups excluding carboxylic acids is 1. The van der Waals surface area contributed by atoms with Gasteiger partial charge in [0.15, 0.2) is 11.5 Å². The van der Waals surface area contributed by atoms with Crippen molar-refractivity contribution >= 4 is 18.3 Å². The normalized spacial score (nSPS) is 16.6. The summed E-state index contributed by atoms with van der Waals surface area (Å²) in [6.45, 7) is 1.56. The van der Waals surface area contributed by atoms with Crippen LogP contribution >= 0.6 is 12.4 Å². The van der Waals surface area contributed by atoms with E-state index in [4.69, 9.17) is 9.47 Å². The molecule has 6 heteroatoms. The maximum atomic E-state index is 11.7. The smallest absolute Gasteiger partial charge is 0.264 e. The van der Waals surface area contributed by atoms with Gasteiger partial charge in [0.1, 0.15) is 6.61 Å². The van der Waals surface area contributed by atoms with Crippen molar-refractivity contribution in [2.24, 2.45) is 0 Å². The van der Waals surface area contributed by atoms with E-state index in [0.29, 0.717) is 18.0 Å². The van der Waals surface area contributed by atoms with Crippen molar-refractivity contribution in [1.82, 2.24) is 10.6 Å². The zero-order valence-electron chi connectivity index (χ0n) is 10.1. The molecule has 2 rings (SSSR count). The molecule has 0 saturated carbocycles. The van der Waals surface area contributed by atoms with Crippen molar-refractivity contribution in [3.8, 4) is 11.5 Å². The van der Waals surface area contributed by atoms with Crippen LogP contribution in [0, 0.1) is 0 Å². The summed E-state index contributed by atoms with van der Waals surface area (Å²) >= 11 is 0. The lowest BCUT2D eigenvalue weighted by Crippen LogP contribution is -2.45. The zero-order valence-corrected chi connectivity index (χ0v) is 11.0. The third-order valence-electron chi connectivity index (χ3n) is 2.48. The van der Waals surface area contributed by atoms with E-state index in [1.807, 2.05) is 25.2 Å². The Morgan fingerprint density at radius 2 is 2.06 bits per heavy atom. The summed E-state index contributed by atoms with van der Waals surface area (Å²) in [4.78, 5) is 11.7. The van der Waals surface area contributed by atoms with E-state index < -0.39 is 6.10 Å². The fourth-order valence-electron chi connectivity index (χ4n) is 1.57. The molecule has 1 unspecified atom stereocenters. The highest BCUT2D eigenvalue weighted by atomic mass is 35.5. The van der Waals surface area contributed by atoms with Crippen LogP contribution in [0.5, 0.6) is 11.5 Å². The highest BCUT2D eigenvalue weighted by molar-refractivity contribution is 5.85. The summed E-state index contributed by atoms with van der Waals surface area (Å²) in [5.74, 6) is 1.16. The minimum Gasteiger partial charge on any atom is -0.485 e. The average molecular weight is 273 g/mol. The average Bonchev–Trinajstić information content (AvgIpc) is 2.38. The molecule has 2 N–H and O–H groups in total. The van der Waals surface area contributed by atoms with Crippen LogP contribution in [0.15, 0.2) is 24.3 Å². The summed E-state index contributed by atoms with van der Waals surface area (Å²) in [7, 11) is 1.84. The number of para-hydroxylation sites is 2. The SMILES string of the molecule is CNCCNC(=O)C1COc2ccccc2O1.Cl. The zero-order chi connectivity index (χ0) is 12.1. The predicted octanol–water partition coefficient (Wildman–Crippen LogP) is 0.584. The van der Waals surface area contributed by atoms with E-state index in [9.17, 15) is 4.79 Å². The highest BCUT2D eigenvalue weighted by Crippen LogP contribution is 2.30. The number of ether oxygens (including phenoxy) is 2. The van der Waals surface area contributed by atoms with Gasteiger partial charge in [-0.15, -0.1) is 12.4 Å². The second-order valence-corrected chi connectivity index (χ2v) is 3.76. The molecule has 0 radical (unpaired) electrons. The Hall–Kier alpha value is -1.46. The van der Waals surface area contributed by atoms with Crippen LogP contribution in [0.3, 0.4) is 0 Å². The quantitative estimate of drug-likeness (QED) is 0.788. The molecule has 0 saturated heterocycles. The molecule has 1 aromatic carbocycles. The van der Waals surface area contributed by atoms with Gasteiger partial charge in [-0.25, -0.2) is 0 Å². The summed E-state index contributed by atoms with van der Waals surface area (Å²) in [5.41, 5.74) is 0. The molecule has 0 aromatic heterocycles. The molecule has 1 atom stereocenters. The maximum absolute atomic E-state index is 11.7. The predicted molar refractivity (Wildman–Crippen MR) is 70.5 cm³/mol. The maximum Gasteiger partial charge on any atom is 0.264 e. The Kier molecular flexibility index (Phi) is 5.74. The number of likely N-dealkylation sites (N-methyl/N-ethyl adjacent to an activating group) is 1. The molecule has 1 aromatic rings. The fourth-order valence-corrected chi connectivity index (χ4v) is 1.57. The van der Waals surface area contributed by atoms with Gasteiger partial charge in [0, 0.05) is 13.1 Å². The molecule has 0 bridgehead atoms. The number of carbonyl (C=O) groups is 1. The molecule has 0 spiro atoms. The summed E-state index contributed by atoms with van der Waals surface area (Å²) < 4.78 is 11.0. The van der Waals surface area contributed by atoms with Crippen molar-refractivity contribution in [3.05, 3.63) is 24.3 Å². The standard InChI is InChI=1S/C12H16N2O3.ClH/c1-13-6-7-14-12(15)11-8-16-9-4-2-3-5-10(9)17-11;/h2-5,11,13H,6-8H2,1H3,(H,14,15);1H. The van der Waals surface area contributed by atoms with E-state index in [1.165, 1.54) is 0 Å². The summed E-state index contributed by atoms with van der Waals surface area (Å²) in [5, 5.41) is 5.73. The highest BCUT2D eigenvalue weighted by Gasteiger charge is 2.26. The summed E-state index contributed by atoms with van der Waals surface area (Å²) in [6, 6.07) is 7.34. The Balaban J connectivity index is 0.00000162. The monoisotopic (exact) mass is 272 g/mol. The van der Waals surface area contributed by atoms with Gasteiger partial charge in [0.2, 0.25) is 6.10 Å². The number of hydrogen-bond acceptors (Lipinski definition) is 4. The minimum absolute atomic E-state index is 0. The lowest BCUT2D eigenvalue weighted by molar-refractivity contribution is -0.130. The minimum atomic E-state index is -0.568. The van der Waals surface area contributed by atoms with Crippen LogP contribution in [-0.2, 0) is 4.79 Å². The Bertz CT molecular complexity index is 401. The molecule has 18 heavy (non-hydrogen) atoms. The van der Waals surface area contributed by atoms with Gasteiger partial charge in [-0.1, -0.05) is 12.1 Å². The van der Waals surface area contributed by atoms with Gasteiger partial charge in [-0.05, 0) is 19.2 Å². The van der Waals surface area contributed by atoms with Crippen LogP contribution in [0.2, 0.25) is 0 Å².